The molecule has 2 N–H and O–H groups in total. The van der Waals surface area contributed by atoms with Crippen LogP contribution < -0.4 is 10.7 Å². The minimum absolute atomic E-state index is 0.312. The molecule has 0 saturated carbocycles. The molecule has 20 heavy (non-hydrogen) atoms. The lowest BCUT2D eigenvalue weighted by molar-refractivity contribution is 0.156. The Kier molecular flexibility index (Phi) is 5.93. The van der Waals surface area contributed by atoms with E-state index in [2.05, 4.69) is 21.0 Å². The van der Waals surface area contributed by atoms with Gasteiger partial charge >= 0.3 is 12.1 Å². The third-order valence-corrected chi connectivity index (χ3v) is 1.96. The van der Waals surface area contributed by atoms with Crippen LogP contribution in [-0.4, -0.2) is 54.3 Å². The van der Waals surface area contributed by atoms with Gasteiger partial charge in [0.25, 0.3) is 0 Å². The van der Waals surface area contributed by atoms with Crippen molar-refractivity contribution in [1.82, 2.24) is 20.7 Å². The largest absolute Gasteiger partial charge is 0.337 e. The number of carbonyl (C=O) groups is 2. The SMILES string of the molecule is CN(C)C(=O)N(C)NC(=O)NC(C)(C)/N=N/C(C)(C)C. The highest BCUT2D eigenvalue weighted by Gasteiger charge is 2.22. The Bertz CT molecular complexity index is 384. The van der Waals surface area contributed by atoms with Gasteiger partial charge in [-0.05, 0) is 34.6 Å². The number of urea groups is 2. The van der Waals surface area contributed by atoms with Crippen LogP contribution in [0.25, 0.3) is 0 Å². The third kappa shape index (κ3) is 7.55. The van der Waals surface area contributed by atoms with E-state index in [0.717, 1.165) is 5.01 Å². The molecule has 8 heteroatoms. The molecular formula is C12H26N6O2. The molecule has 0 radical (unpaired) electrons. The van der Waals surface area contributed by atoms with Gasteiger partial charge in [-0.15, -0.1) is 0 Å². The summed E-state index contributed by atoms with van der Waals surface area (Å²) in [6, 6.07) is -0.866. The maximum atomic E-state index is 11.8. The first kappa shape index (κ1) is 18.1. The van der Waals surface area contributed by atoms with E-state index in [-0.39, 0.29) is 11.6 Å². The summed E-state index contributed by atoms with van der Waals surface area (Å²) in [5.74, 6) is 0. The number of hydrogen-bond donors (Lipinski definition) is 2. The van der Waals surface area contributed by atoms with Crippen molar-refractivity contribution in [3.8, 4) is 0 Å². The van der Waals surface area contributed by atoms with Crippen LogP contribution in [-0.2, 0) is 0 Å². The van der Waals surface area contributed by atoms with Crippen LogP contribution in [0.15, 0.2) is 10.2 Å². The third-order valence-electron chi connectivity index (χ3n) is 1.96. The molecule has 0 aliphatic heterocycles. The zero-order valence-electron chi connectivity index (χ0n) is 13.6. The Morgan fingerprint density at radius 2 is 1.45 bits per heavy atom. The summed E-state index contributed by atoms with van der Waals surface area (Å²) in [5.41, 5.74) is 1.23. The molecule has 116 valence electrons. The van der Waals surface area contributed by atoms with E-state index < -0.39 is 11.7 Å². The summed E-state index contributed by atoms with van der Waals surface area (Å²) < 4.78 is 0. The number of hydrazine groups is 1. The highest BCUT2D eigenvalue weighted by molar-refractivity contribution is 5.80. The predicted octanol–water partition coefficient (Wildman–Crippen LogP) is 1.80. The van der Waals surface area contributed by atoms with Gasteiger partial charge in [-0.3, -0.25) is 0 Å². The van der Waals surface area contributed by atoms with Crippen LogP contribution in [0.4, 0.5) is 9.59 Å². The number of nitrogens with zero attached hydrogens (tertiary/aromatic N) is 4. The summed E-state index contributed by atoms with van der Waals surface area (Å²) in [5, 5.41) is 11.9. The van der Waals surface area contributed by atoms with Crippen molar-refractivity contribution in [2.45, 2.75) is 45.8 Å². The first-order valence-electron chi connectivity index (χ1n) is 6.32. The van der Waals surface area contributed by atoms with Crippen molar-refractivity contribution in [3.05, 3.63) is 0 Å². The van der Waals surface area contributed by atoms with E-state index in [4.69, 9.17) is 0 Å². The number of amides is 4. The van der Waals surface area contributed by atoms with Crippen molar-refractivity contribution in [1.29, 1.82) is 0 Å². The lowest BCUT2D eigenvalue weighted by Gasteiger charge is -2.26. The predicted molar refractivity (Wildman–Crippen MR) is 77.2 cm³/mol. The maximum absolute atomic E-state index is 11.8. The van der Waals surface area contributed by atoms with Crippen molar-refractivity contribution >= 4 is 12.1 Å². The molecule has 0 aliphatic rings. The van der Waals surface area contributed by atoms with Crippen molar-refractivity contribution in [3.63, 3.8) is 0 Å². The normalized spacial score (nSPS) is 12.2. The summed E-state index contributed by atoms with van der Waals surface area (Å²) in [6.45, 7) is 9.17. The second kappa shape index (κ2) is 6.53. The Hall–Kier alpha value is -1.86. The molecule has 8 nitrogen and oxygen atoms in total. The van der Waals surface area contributed by atoms with Gasteiger partial charge in [0, 0.05) is 21.1 Å². The molecule has 0 aliphatic carbocycles. The molecule has 0 saturated heterocycles. The van der Waals surface area contributed by atoms with Crippen LogP contribution in [0.3, 0.4) is 0 Å². The zero-order valence-corrected chi connectivity index (χ0v) is 13.6. The van der Waals surface area contributed by atoms with Crippen LogP contribution in [0.5, 0.6) is 0 Å². The highest BCUT2D eigenvalue weighted by Crippen LogP contribution is 2.12. The second-order valence-electron chi connectivity index (χ2n) is 6.23. The average molecular weight is 286 g/mol. The fourth-order valence-corrected chi connectivity index (χ4v) is 1.11. The average Bonchev–Trinajstić information content (AvgIpc) is 2.23. The van der Waals surface area contributed by atoms with E-state index in [1.807, 2.05) is 20.8 Å². The fraction of sp³-hybridized carbons (Fsp3) is 0.833. The van der Waals surface area contributed by atoms with Crippen LogP contribution in [0.2, 0.25) is 0 Å². The summed E-state index contributed by atoms with van der Waals surface area (Å²) in [4.78, 5) is 24.7. The minimum atomic E-state index is -0.862. The first-order chi connectivity index (χ1) is 8.84. The van der Waals surface area contributed by atoms with Crippen molar-refractivity contribution in [2.24, 2.45) is 10.2 Å². The van der Waals surface area contributed by atoms with E-state index in [0.29, 0.717) is 0 Å². The molecule has 0 aromatic carbocycles. The van der Waals surface area contributed by atoms with Gasteiger partial charge in [0.15, 0.2) is 0 Å². The molecule has 0 rings (SSSR count). The standard InChI is InChI=1S/C12H26N6O2/c1-11(2,3)15-16-12(4,5)13-9(19)14-18(8)10(20)17(6)7/h1-8H3,(H2,13,14,19)/b16-15+. The van der Waals surface area contributed by atoms with Gasteiger partial charge in [-0.1, -0.05) is 0 Å². The summed E-state index contributed by atoms with van der Waals surface area (Å²) >= 11 is 0. The van der Waals surface area contributed by atoms with Gasteiger partial charge in [-0.2, -0.15) is 10.2 Å². The van der Waals surface area contributed by atoms with E-state index in [1.54, 1.807) is 27.9 Å². The lowest BCUT2D eigenvalue weighted by atomic mass is 10.1. The molecule has 0 aromatic rings. The molecule has 0 heterocycles. The Labute approximate surface area is 120 Å². The van der Waals surface area contributed by atoms with Gasteiger partial charge in [0.2, 0.25) is 0 Å². The van der Waals surface area contributed by atoms with Gasteiger partial charge in [0.05, 0.1) is 5.54 Å². The Morgan fingerprint density at radius 1 is 0.950 bits per heavy atom. The number of carbonyl (C=O) groups excluding carboxylic acids is 2. The monoisotopic (exact) mass is 286 g/mol. The Balaban J connectivity index is 4.53. The first-order valence-corrected chi connectivity index (χ1v) is 6.32. The van der Waals surface area contributed by atoms with E-state index >= 15 is 0 Å². The molecule has 0 fully saturated rings. The van der Waals surface area contributed by atoms with Crippen LogP contribution >= 0.6 is 0 Å². The lowest BCUT2D eigenvalue weighted by Crippen LogP contribution is -2.55. The molecule has 0 bridgehead atoms. The van der Waals surface area contributed by atoms with Crippen LogP contribution in [0, 0.1) is 0 Å². The van der Waals surface area contributed by atoms with Gasteiger partial charge in [0.1, 0.15) is 5.66 Å². The Morgan fingerprint density at radius 3 is 1.85 bits per heavy atom. The number of nitrogens with one attached hydrogen (secondary N) is 2. The quantitative estimate of drug-likeness (QED) is 0.598. The zero-order chi connectivity index (χ0) is 16.1. The van der Waals surface area contributed by atoms with E-state index in [9.17, 15) is 9.59 Å². The maximum Gasteiger partial charge on any atom is 0.337 e. The van der Waals surface area contributed by atoms with E-state index in [1.165, 1.54) is 11.9 Å². The highest BCUT2D eigenvalue weighted by atomic mass is 16.2. The smallest absolute Gasteiger partial charge is 0.329 e. The summed E-state index contributed by atoms with van der Waals surface area (Å²) in [6.07, 6.45) is 0. The molecule has 4 amide bonds. The van der Waals surface area contributed by atoms with Gasteiger partial charge in [-0.25, -0.2) is 20.0 Å². The van der Waals surface area contributed by atoms with Gasteiger partial charge < -0.3 is 10.2 Å². The molecular weight excluding hydrogens is 260 g/mol. The summed E-state index contributed by atoms with van der Waals surface area (Å²) in [7, 11) is 4.66. The van der Waals surface area contributed by atoms with Crippen LogP contribution in [0.1, 0.15) is 34.6 Å². The number of azo groups is 1. The van der Waals surface area contributed by atoms with Crippen molar-refractivity contribution in [2.75, 3.05) is 21.1 Å². The topological polar surface area (TPSA) is 89.4 Å². The minimum Gasteiger partial charge on any atom is -0.329 e. The molecule has 0 spiro atoms. The number of hydrogen-bond acceptors (Lipinski definition) is 4. The fourth-order valence-electron chi connectivity index (χ4n) is 1.11. The van der Waals surface area contributed by atoms with Crippen molar-refractivity contribution < 1.29 is 9.59 Å². The second-order valence-corrected chi connectivity index (χ2v) is 6.23. The molecule has 0 unspecified atom stereocenters. The molecule has 0 atom stereocenters. The number of rotatable bonds is 2. The molecule has 0 aromatic heterocycles.